The van der Waals surface area contributed by atoms with Crippen LogP contribution in [0, 0.1) is 0 Å². The van der Waals surface area contributed by atoms with Gasteiger partial charge < -0.3 is 9.80 Å². The lowest BCUT2D eigenvalue weighted by Crippen LogP contribution is -2.52. The van der Waals surface area contributed by atoms with E-state index in [2.05, 4.69) is 24.1 Å². The second-order valence-electron chi connectivity index (χ2n) is 6.87. The molecule has 130 valence electrons. The molecule has 2 saturated heterocycles. The van der Waals surface area contributed by atoms with Gasteiger partial charge in [0.05, 0.1) is 12.6 Å². The number of likely N-dealkylation sites (N-methyl/N-ethyl adjacent to an activating group) is 1. The number of hydrogen-bond donors (Lipinski definition) is 0. The molecule has 0 aliphatic carbocycles. The molecular weight excluding hydrogens is 302 g/mol. The maximum absolute atomic E-state index is 12.7. The third-order valence-electron chi connectivity index (χ3n) is 5.18. The molecular formula is C19H27N3O2. The molecule has 0 saturated carbocycles. The van der Waals surface area contributed by atoms with Gasteiger partial charge in [0.1, 0.15) is 0 Å². The Morgan fingerprint density at radius 1 is 1.08 bits per heavy atom. The number of hydrogen-bond acceptors (Lipinski definition) is 3. The molecule has 1 aromatic carbocycles. The Labute approximate surface area is 144 Å². The third kappa shape index (κ3) is 3.96. The minimum absolute atomic E-state index is 0.0827. The summed E-state index contributed by atoms with van der Waals surface area (Å²) in [6.45, 7) is 3.26. The summed E-state index contributed by atoms with van der Waals surface area (Å²) < 4.78 is 0. The summed E-state index contributed by atoms with van der Waals surface area (Å²) in [6.07, 6.45) is 3.63. The Bertz CT molecular complexity index is 575. The van der Waals surface area contributed by atoms with Crippen molar-refractivity contribution in [2.24, 2.45) is 0 Å². The largest absolute Gasteiger partial charge is 0.338 e. The van der Waals surface area contributed by atoms with Crippen LogP contribution in [0.1, 0.15) is 37.3 Å². The van der Waals surface area contributed by atoms with Gasteiger partial charge in [-0.25, -0.2) is 0 Å². The van der Waals surface area contributed by atoms with Crippen molar-refractivity contribution in [1.29, 1.82) is 0 Å². The number of carbonyl (C=O) groups excluding carboxylic acids is 2. The van der Waals surface area contributed by atoms with Gasteiger partial charge >= 0.3 is 0 Å². The van der Waals surface area contributed by atoms with E-state index >= 15 is 0 Å². The molecule has 0 unspecified atom stereocenters. The van der Waals surface area contributed by atoms with Crippen LogP contribution in [-0.4, -0.2) is 66.3 Å². The summed E-state index contributed by atoms with van der Waals surface area (Å²) in [5.41, 5.74) is 1.24. The van der Waals surface area contributed by atoms with E-state index in [0.717, 1.165) is 38.9 Å². The number of amides is 2. The van der Waals surface area contributed by atoms with Gasteiger partial charge in [0.2, 0.25) is 11.8 Å². The molecule has 2 aliphatic heterocycles. The van der Waals surface area contributed by atoms with Crippen molar-refractivity contribution in [3.63, 3.8) is 0 Å². The monoisotopic (exact) mass is 329 g/mol. The number of rotatable bonds is 3. The van der Waals surface area contributed by atoms with Crippen LogP contribution in [0.25, 0.3) is 0 Å². The van der Waals surface area contributed by atoms with E-state index in [1.807, 2.05) is 23.1 Å². The highest BCUT2D eigenvalue weighted by Gasteiger charge is 2.30. The van der Waals surface area contributed by atoms with Gasteiger partial charge in [0.25, 0.3) is 0 Å². The first kappa shape index (κ1) is 17.0. The van der Waals surface area contributed by atoms with Gasteiger partial charge in [-0.05, 0) is 25.5 Å². The van der Waals surface area contributed by atoms with Crippen LogP contribution in [0.15, 0.2) is 30.3 Å². The van der Waals surface area contributed by atoms with Crippen molar-refractivity contribution in [3.05, 3.63) is 35.9 Å². The van der Waals surface area contributed by atoms with E-state index < -0.39 is 0 Å². The molecule has 1 aromatic rings. The molecule has 2 aliphatic rings. The molecule has 0 radical (unpaired) electrons. The minimum atomic E-state index is 0.0827. The van der Waals surface area contributed by atoms with Crippen LogP contribution in [0.2, 0.25) is 0 Å². The van der Waals surface area contributed by atoms with E-state index in [-0.39, 0.29) is 24.4 Å². The molecule has 5 heteroatoms. The zero-order chi connectivity index (χ0) is 16.9. The van der Waals surface area contributed by atoms with E-state index in [9.17, 15) is 9.59 Å². The van der Waals surface area contributed by atoms with Crippen molar-refractivity contribution >= 4 is 11.8 Å². The van der Waals surface area contributed by atoms with E-state index in [1.54, 1.807) is 4.90 Å². The summed E-state index contributed by atoms with van der Waals surface area (Å²) in [4.78, 5) is 30.8. The highest BCUT2D eigenvalue weighted by molar-refractivity contribution is 5.85. The van der Waals surface area contributed by atoms with Crippen LogP contribution in [0.3, 0.4) is 0 Å². The summed E-state index contributed by atoms with van der Waals surface area (Å²) >= 11 is 0. The fourth-order valence-electron chi connectivity index (χ4n) is 3.60. The normalized spacial score (nSPS) is 23.2. The first-order chi connectivity index (χ1) is 11.6. The maximum atomic E-state index is 12.7. The van der Waals surface area contributed by atoms with Crippen molar-refractivity contribution in [2.75, 3.05) is 39.8 Å². The van der Waals surface area contributed by atoms with E-state index in [1.165, 1.54) is 5.56 Å². The lowest BCUT2D eigenvalue weighted by atomic mass is 10.0. The van der Waals surface area contributed by atoms with Crippen LogP contribution in [0.4, 0.5) is 0 Å². The van der Waals surface area contributed by atoms with Crippen LogP contribution < -0.4 is 0 Å². The van der Waals surface area contributed by atoms with Crippen molar-refractivity contribution in [3.8, 4) is 0 Å². The molecule has 24 heavy (non-hydrogen) atoms. The predicted octanol–water partition coefficient (Wildman–Crippen LogP) is 1.90. The van der Waals surface area contributed by atoms with Gasteiger partial charge in [-0.2, -0.15) is 0 Å². The molecule has 0 aromatic heterocycles. The molecule has 0 N–H and O–H groups in total. The second-order valence-corrected chi connectivity index (χ2v) is 6.87. The number of carbonyl (C=O) groups is 2. The molecule has 3 rings (SSSR count). The lowest BCUT2D eigenvalue weighted by Gasteiger charge is -2.40. The van der Waals surface area contributed by atoms with Crippen molar-refractivity contribution in [1.82, 2.24) is 14.7 Å². The van der Waals surface area contributed by atoms with Crippen LogP contribution >= 0.6 is 0 Å². The van der Waals surface area contributed by atoms with Gasteiger partial charge in [-0.3, -0.25) is 14.5 Å². The Balaban J connectivity index is 1.63. The average Bonchev–Trinajstić information content (AvgIpc) is 2.80. The van der Waals surface area contributed by atoms with Gasteiger partial charge in [0, 0.05) is 32.6 Å². The van der Waals surface area contributed by atoms with Crippen LogP contribution in [0.5, 0.6) is 0 Å². The number of likely N-dealkylation sites (tertiary alicyclic amines) is 1. The zero-order valence-electron chi connectivity index (χ0n) is 14.5. The first-order valence-electron chi connectivity index (χ1n) is 8.96. The van der Waals surface area contributed by atoms with Crippen LogP contribution in [-0.2, 0) is 9.59 Å². The van der Waals surface area contributed by atoms with E-state index in [0.29, 0.717) is 13.0 Å². The third-order valence-corrected chi connectivity index (χ3v) is 5.18. The van der Waals surface area contributed by atoms with Gasteiger partial charge in [-0.15, -0.1) is 0 Å². The van der Waals surface area contributed by atoms with Gasteiger partial charge in [-0.1, -0.05) is 36.8 Å². The van der Waals surface area contributed by atoms with Crippen molar-refractivity contribution in [2.45, 2.75) is 31.7 Å². The summed E-state index contributed by atoms with van der Waals surface area (Å²) in [6, 6.07) is 10.6. The highest BCUT2D eigenvalue weighted by atomic mass is 16.2. The fraction of sp³-hybridized carbons (Fsp3) is 0.579. The Morgan fingerprint density at radius 3 is 2.67 bits per heavy atom. The minimum Gasteiger partial charge on any atom is -0.338 e. The maximum Gasteiger partial charge on any atom is 0.242 e. The number of benzene rings is 1. The van der Waals surface area contributed by atoms with Gasteiger partial charge in [0.15, 0.2) is 0 Å². The first-order valence-corrected chi connectivity index (χ1v) is 8.96. The molecule has 0 bridgehead atoms. The smallest absolute Gasteiger partial charge is 0.242 e. The SMILES string of the molecule is CN1CCN(C(=O)CN2CCCCCC2=O)C[C@H]1c1ccccc1. The Kier molecular flexibility index (Phi) is 5.51. The summed E-state index contributed by atoms with van der Waals surface area (Å²) in [5, 5.41) is 0. The second kappa shape index (κ2) is 7.79. The molecule has 5 nitrogen and oxygen atoms in total. The summed E-state index contributed by atoms with van der Waals surface area (Å²) in [7, 11) is 2.11. The quantitative estimate of drug-likeness (QED) is 0.851. The summed E-state index contributed by atoms with van der Waals surface area (Å²) in [5.74, 6) is 0.217. The Hall–Kier alpha value is -1.88. The van der Waals surface area contributed by atoms with E-state index in [4.69, 9.17) is 0 Å². The zero-order valence-corrected chi connectivity index (χ0v) is 14.5. The molecule has 2 heterocycles. The van der Waals surface area contributed by atoms with Crippen molar-refractivity contribution < 1.29 is 9.59 Å². The lowest BCUT2D eigenvalue weighted by molar-refractivity contribution is -0.141. The molecule has 2 amide bonds. The highest BCUT2D eigenvalue weighted by Crippen LogP contribution is 2.24. The molecule has 2 fully saturated rings. The fourth-order valence-corrected chi connectivity index (χ4v) is 3.60. The standard InChI is InChI=1S/C19H27N3O2/c1-20-12-13-22(14-17(20)16-8-4-2-5-9-16)19(24)15-21-11-7-3-6-10-18(21)23/h2,4-5,8-9,17H,3,6-7,10-15H2,1H3/t17-/m0/s1. The molecule has 0 spiro atoms. The number of nitrogens with zero attached hydrogens (tertiary/aromatic N) is 3. The predicted molar refractivity (Wildman–Crippen MR) is 93.4 cm³/mol. The molecule has 1 atom stereocenters. The topological polar surface area (TPSA) is 43.9 Å². The Morgan fingerprint density at radius 2 is 1.88 bits per heavy atom. The number of piperazine rings is 1. The average molecular weight is 329 g/mol.